The number of amides is 1. The zero-order chi connectivity index (χ0) is 12.8. The summed E-state index contributed by atoms with van der Waals surface area (Å²) in [5, 5.41) is 16.8. The molecule has 1 amide bonds. The number of hydrogen-bond donors (Lipinski definition) is 2. The number of rotatable bonds is 5. The van der Waals surface area contributed by atoms with E-state index in [-0.39, 0.29) is 5.91 Å². The second-order valence-corrected chi connectivity index (χ2v) is 4.17. The Morgan fingerprint density at radius 1 is 1.33 bits per heavy atom. The highest BCUT2D eigenvalue weighted by Crippen LogP contribution is 2.09. The van der Waals surface area contributed by atoms with Crippen molar-refractivity contribution < 1.29 is 4.79 Å². The highest BCUT2D eigenvalue weighted by molar-refractivity contribution is 6.30. The molecule has 7 heteroatoms. The molecule has 0 fully saturated rings. The Morgan fingerprint density at radius 2 is 2.11 bits per heavy atom. The second kappa shape index (κ2) is 6.11. The van der Waals surface area contributed by atoms with Gasteiger partial charge < -0.3 is 5.32 Å². The van der Waals surface area contributed by atoms with Crippen LogP contribution in [0.2, 0.25) is 5.02 Å². The summed E-state index contributed by atoms with van der Waals surface area (Å²) in [5.74, 6) is 0.492. The van der Waals surface area contributed by atoms with Gasteiger partial charge in [-0.15, -0.1) is 10.2 Å². The van der Waals surface area contributed by atoms with Gasteiger partial charge in [-0.25, -0.2) is 0 Å². The van der Waals surface area contributed by atoms with Crippen LogP contribution in [0.3, 0.4) is 0 Å². The van der Waals surface area contributed by atoms with Crippen LogP contribution in [-0.2, 0) is 17.8 Å². The molecule has 2 aromatic rings. The number of carbonyl (C=O) groups excluding carboxylic acids is 1. The van der Waals surface area contributed by atoms with E-state index in [1.807, 2.05) is 12.1 Å². The quantitative estimate of drug-likeness (QED) is 0.848. The van der Waals surface area contributed by atoms with Gasteiger partial charge in [0.2, 0.25) is 5.91 Å². The lowest BCUT2D eigenvalue weighted by Gasteiger charge is -2.04. The number of tetrazole rings is 1. The first-order valence-corrected chi connectivity index (χ1v) is 5.85. The molecule has 0 saturated carbocycles. The first-order chi connectivity index (χ1) is 8.74. The topological polar surface area (TPSA) is 83.6 Å². The van der Waals surface area contributed by atoms with E-state index in [1.165, 1.54) is 0 Å². The minimum atomic E-state index is -0.0465. The van der Waals surface area contributed by atoms with Crippen molar-refractivity contribution >= 4 is 17.5 Å². The molecule has 2 N–H and O–H groups in total. The number of hydrogen-bond acceptors (Lipinski definition) is 4. The van der Waals surface area contributed by atoms with Gasteiger partial charge in [0.1, 0.15) is 0 Å². The van der Waals surface area contributed by atoms with E-state index in [0.29, 0.717) is 30.2 Å². The molecule has 2 rings (SSSR count). The van der Waals surface area contributed by atoms with Gasteiger partial charge in [-0.05, 0) is 17.7 Å². The summed E-state index contributed by atoms with van der Waals surface area (Å²) in [7, 11) is 0. The predicted octanol–water partition coefficient (Wildman–Crippen LogP) is 1.10. The van der Waals surface area contributed by atoms with Crippen LogP contribution in [-0.4, -0.2) is 26.5 Å². The molecule has 0 atom stereocenters. The standard InChI is InChI=1S/C11H12ClN5O/c12-9-3-1-8(2-4-9)7-13-11(18)6-5-10-14-16-17-15-10/h1-4H,5-7H2,(H,13,18)(H,14,15,16,17). The molecule has 0 aliphatic heterocycles. The van der Waals surface area contributed by atoms with Crippen LogP contribution in [0.4, 0.5) is 0 Å². The molecule has 0 bridgehead atoms. The van der Waals surface area contributed by atoms with E-state index in [4.69, 9.17) is 11.6 Å². The summed E-state index contributed by atoms with van der Waals surface area (Å²) in [4.78, 5) is 11.6. The maximum absolute atomic E-state index is 11.6. The van der Waals surface area contributed by atoms with Crippen molar-refractivity contribution in [2.75, 3.05) is 0 Å². The fourth-order valence-electron chi connectivity index (χ4n) is 1.41. The summed E-state index contributed by atoms with van der Waals surface area (Å²) in [6.45, 7) is 0.488. The van der Waals surface area contributed by atoms with Gasteiger partial charge in [0.05, 0.1) is 0 Å². The van der Waals surface area contributed by atoms with Crippen molar-refractivity contribution in [3.8, 4) is 0 Å². The van der Waals surface area contributed by atoms with Crippen LogP contribution in [0.5, 0.6) is 0 Å². The monoisotopic (exact) mass is 265 g/mol. The Balaban J connectivity index is 1.73. The van der Waals surface area contributed by atoms with Crippen LogP contribution in [0.25, 0.3) is 0 Å². The summed E-state index contributed by atoms with van der Waals surface area (Å²) < 4.78 is 0. The number of H-pyrrole nitrogens is 1. The van der Waals surface area contributed by atoms with E-state index in [2.05, 4.69) is 25.9 Å². The molecule has 0 spiro atoms. The van der Waals surface area contributed by atoms with Gasteiger partial charge >= 0.3 is 0 Å². The number of aromatic nitrogens is 4. The lowest BCUT2D eigenvalue weighted by Crippen LogP contribution is -2.23. The number of halogens is 1. The van der Waals surface area contributed by atoms with Crippen LogP contribution in [0, 0.1) is 0 Å². The van der Waals surface area contributed by atoms with Crippen molar-refractivity contribution in [2.24, 2.45) is 0 Å². The van der Waals surface area contributed by atoms with E-state index in [1.54, 1.807) is 12.1 Å². The number of benzene rings is 1. The summed E-state index contributed by atoms with van der Waals surface area (Å²) in [5.41, 5.74) is 1.01. The molecule has 0 radical (unpaired) electrons. The summed E-state index contributed by atoms with van der Waals surface area (Å²) in [6.07, 6.45) is 0.816. The highest BCUT2D eigenvalue weighted by Gasteiger charge is 2.04. The Labute approximate surface area is 109 Å². The normalized spacial score (nSPS) is 10.3. The third kappa shape index (κ3) is 3.81. The number of nitrogens with zero attached hydrogens (tertiary/aromatic N) is 3. The molecule has 0 aliphatic carbocycles. The number of aromatic amines is 1. The fourth-order valence-corrected chi connectivity index (χ4v) is 1.53. The van der Waals surface area contributed by atoms with E-state index in [9.17, 15) is 4.79 Å². The Bertz CT molecular complexity index is 497. The largest absolute Gasteiger partial charge is 0.352 e. The van der Waals surface area contributed by atoms with Gasteiger partial charge in [-0.1, -0.05) is 28.9 Å². The first kappa shape index (κ1) is 12.5. The summed E-state index contributed by atoms with van der Waals surface area (Å²) >= 11 is 5.77. The Hall–Kier alpha value is -1.95. The molecule has 0 saturated heterocycles. The van der Waals surface area contributed by atoms with Crippen molar-refractivity contribution in [3.05, 3.63) is 40.7 Å². The van der Waals surface area contributed by atoms with Crippen LogP contribution < -0.4 is 5.32 Å². The highest BCUT2D eigenvalue weighted by atomic mass is 35.5. The molecule has 1 heterocycles. The zero-order valence-corrected chi connectivity index (χ0v) is 10.3. The van der Waals surface area contributed by atoms with E-state index in [0.717, 1.165) is 5.56 Å². The van der Waals surface area contributed by atoms with Gasteiger partial charge in [-0.3, -0.25) is 4.79 Å². The average Bonchev–Trinajstić information content (AvgIpc) is 2.89. The maximum atomic E-state index is 11.6. The molecule has 18 heavy (non-hydrogen) atoms. The predicted molar refractivity (Wildman–Crippen MR) is 65.8 cm³/mol. The molecule has 0 unspecified atom stereocenters. The third-order valence-corrected chi connectivity index (χ3v) is 2.62. The molecule has 1 aromatic carbocycles. The maximum Gasteiger partial charge on any atom is 0.220 e. The fraction of sp³-hybridized carbons (Fsp3) is 0.273. The molecule has 6 nitrogen and oxygen atoms in total. The Kier molecular flexibility index (Phi) is 4.25. The van der Waals surface area contributed by atoms with Crippen LogP contribution >= 0.6 is 11.6 Å². The smallest absolute Gasteiger partial charge is 0.220 e. The molecular formula is C11H12ClN5O. The zero-order valence-electron chi connectivity index (χ0n) is 9.56. The SMILES string of the molecule is O=C(CCc1nn[nH]n1)NCc1ccc(Cl)cc1. The van der Waals surface area contributed by atoms with Gasteiger partial charge in [0.15, 0.2) is 5.82 Å². The van der Waals surface area contributed by atoms with Crippen molar-refractivity contribution in [2.45, 2.75) is 19.4 Å². The van der Waals surface area contributed by atoms with Crippen molar-refractivity contribution in [3.63, 3.8) is 0 Å². The van der Waals surface area contributed by atoms with E-state index < -0.39 is 0 Å². The minimum Gasteiger partial charge on any atom is -0.352 e. The van der Waals surface area contributed by atoms with Crippen molar-refractivity contribution in [1.82, 2.24) is 25.9 Å². The summed E-state index contributed by atoms with van der Waals surface area (Å²) in [6, 6.07) is 7.34. The Morgan fingerprint density at radius 3 is 2.78 bits per heavy atom. The van der Waals surface area contributed by atoms with Gasteiger partial charge in [0, 0.05) is 24.4 Å². The van der Waals surface area contributed by atoms with Gasteiger partial charge in [-0.2, -0.15) is 5.21 Å². The number of carbonyl (C=O) groups is 1. The lowest BCUT2D eigenvalue weighted by molar-refractivity contribution is -0.121. The number of aryl methyl sites for hydroxylation is 1. The van der Waals surface area contributed by atoms with Crippen molar-refractivity contribution in [1.29, 1.82) is 0 Å². The molecule has 0 aliphatic rings. The first-order valence-electron chi connectivity index (χ1n) is 5.47. The molecule has 1 aromatic heterocycles. The average molecular weight is 266 g/mol. The lowest BCUT2D eigenvalue weighted by atomic mass is 10.2. The molecular weight excluding hydrogens is 254 g/mol. The van der Waals surface area contributed by atoms with Gasteiger partial charge in [0.25, 0.3) is 0 Å². The van der Waals surface area contributed by atoms with Crippen LogP contribution in [0.15, 0.2) is 24.3 Å². The van der Waals surface area contributed by atoms with E-state index >= 15 is 0 Å². The second-order valence-electron chi connectivity index (χ2n) is 3.73. The van der Waals surface area contributed by atoms with Crippen LogP contribution in [0.1, 0.15) is 17.8 Å². The third-order valence-electron chi connectivity index (χ3n) is 2.37. The number of nitrogens with one attached hydrogen (secondary N) is 2. The molecule has 94 valence electrons. The minimum absolute atomic E-state index is 0.0465.